The predicted octanol–water partition coefficient (Wildman–Crippen LogP) is 2.13. The highest BCUT2D eigenvalue weighted by Gasteiger charge is 2.12. The summed E-state index contributed by atoms with van der Waals surface area (Å²) in [5.41, 5.74) is 6.28. The molecule has 0 aliphatic carbocycles. The summed E-state index contributed by atoms with van der Waals surface area (Å²) in [7, 11) is -3.14. The van der Waals surface area contributed by atoms with Crippen LogP contribution in [0.1, 0.15) is 18.4 Å². The van der Waals surface area contributed by atoms with E-state index in [2.05, 4.69) is 15.9 Å². The first-order valence-electron chi connectivity index (χ1n) is 5.13. The fourth-order valence-electron chi connectivity index (χ4n) is 1.56. The maximum absolute atomic E-state index is 11.6. The van der Waals surface area contributed by atoms with Crippen molar-refractivity contribution in [3.63, 3.8) is 0 Å². The quantitative estimate of drug-likeness (QED) is 0.848. The van der Waals surface area contributed by atoms with Crippen LogP contribution in [-0.4, -0.2) is 21.2 Å². The fourth-order valence-corrected chi connectivity index (χ4v) is 2.93. The highest BCUT2D eigenvalue weighted by Crippen LogP contribution is 2.22. The SMILES string of the molecule is CS(=O)(=O)c1ccc(Br)cc1CCCCN. The third-order valence-electron chi connectivity index (χ3n) is 2.32. The molecule has 0 bridgehead atoms. The molecule has 0 heterocycles. The third-order valence-corrected chi connectivity index (χ3v) is 4.01. The monoisotopic (exact) mass is 305 g/mol. The Bertz CT molecular complexity index is 457. The van der Waals surface area contributed by atoms with Gasteiger partial charge in [0.05, 0.1) is 4.90 Å². The highest BCUT2D eigenvalue weighted by atomic mass is 79.9. The van der Waals surface area contributed by atoms with E-state index in [1.54, 1.807) is 12.1 Å². The molecule has 0 atom stereocenters. The van der Waals surface area contributed by atoms with Crippen LogP contribution in [0.15, 0.2) is 27.6 Å². The van der Waals surface area contributed by atoms with E-state index >= 15 is 0 Å². The van der Waals surface area contributed by atoms with E-state index in [0.717, 1.165) is 29.3 Å². The van der Waals surface area contributed by atoms with Gasteiger partial charge in [-0.2, -0.15) is 0 Å². The number of unbranched alkanes of at least 4 members (excludes halogenated alkanes) is 1. The minimum atomic E-state index is -3.14. The molecule has 1 rings (SSSR count). The molecule has 16 heavy (non-hydrogen) atoms. The van der Waals surface area contributed by atoms with Crippen molar-refractivity contribution in [2.45, 2.75) is 24.2 Å². The molecule has 0 unspecified atom stereocenters. The number of hydrogen-bond acceptors (Lipinski definition) is 3. The second-order valence-corrected chi connectivity index (χ2v) is 6.67. The van der Waals surface area contributed by atoms with Gasteiger partial charge in [0.15, 0.2) is 9.84 Å². The van der Waals surface area contributed by atoms with Crippen molar-refractivity contribution in [1.82, 2.24) is 0 Å². The van der Waals surface area contributed by atoms with Gasteiger partial charge in [-0.25, -0.2) is 8.42 Å². The first kappa shape index (κ1) is 13.7. The highest BCUT2D eigenvalue weighted by molar-refractivity contribution is 9.10. The van der Waals surface area contributed by atoms with Crippen LogP contribution in [0.2, 0.25) is 0 Å². The lowest BCUT2D eigenvalue weighted by Crippen LogP contribution is -2.04. The number of nitrogens with two attached hydrogens (primary N) is 1. The zero-order chi connectivity index (χ0) is 12.2. The van der Waals surface area contributed by atoms with Crippen molar-refractivity contribution < 1.29 is 8.42 Å². The number of benzene rings is 1. The zero-order valence-corrected chi connectivity index (χ0v) is 11.6. The van der Waals surface area contributed by atoms with Gasteiger partial charge in [-0.15, -0.1) is 0 Å². The number of hydrogen-bond donors (Lipinski definition) is 1. The lowest BCUT2D eigenvalue weighted by Gasteiger charge is -2.08. The second-order valence-electron chi connectivity index (χ2n) is 3.77. The maximum Gasteiger partial charge on any atom is 0.175 e. The van der Waals surface area contributed by atoms with E-state index in [1.165, 1.54) is 6.26 Å². The van der Waals surface area contributed by atoms with Gasteiger partial charge in [-0.1, -0.05) is 15.9 Å². The summed E-state index contributed by atoms with van der Waals surface area (Å²) in [5.74, 6) is 0. The zero-order valence-electron chi connectivity index (χ0n) is 9.24. The largest absolute Gasteiger partial charge is 0.330 e. The number of aryl methyl sites for hydroxylation is 1. The standard InChI is InChI=1S/C11H16BrNO2S/c1-16(14,15)11-6-5-10(12)8-9(11)4-2-3-7-13/h5-6,8H,2-4,7,13H2,1H3. The van der Waals surface area contributed by atoms with E-state index in [9.17, 15) is 8.42 Å². The van der Waals surface area contributed by atoms with Crippen LogP contribution in [0.3, 0.4) is 0 Å². The van der Waals surface area contributed by atoms with E-state index in [-0.39, 0.29) is 0 Å². The molecule has 0 radical (unpaired) electrons. The van der Waals surface area contributed by atoms with E-state index in [0.29, 0.717) is 11.4 Å². The molecule has 1 aromatic carbocycles. The fraction of sp³-hybridized carbons (Fsp3) is 0.455. The first-order valence-corrected chi connectivity index (χ1v) is 7.82. The molecule has 0 fully saturated rings. The number of halogens is 1. The van der Waals surface area contributed by atoms with E-state index in [1.807, 2.05) is 6.07 Å². The van der Waals surface area contributed by atoms with Gasteiger partial charge in [0, 0.05) is 10.7 Å². The maximum atomic E-state index is 11.6. The van der Waals surface area contributed by atoms with Gasteiger partial charge in [0.1, 0.15) is 0 Å². The summed E-state index contributed by atoms with van der Waals surface area (Å²) in [6.45, 7) is 0.641. The molecule has 90 valence electrons. The normalized spacial score (nSPS) is 11.7. The van der Waals surface area contributed by atoms with E-state index < -0.39 is 9.84 Å². The van der Waals surface area contributed by atoms with Crippen LogP contribution in [0.5, 0.6) is 0 Å². The summed E-state index contributed by atoms with van der Waals surface area (Å²) in [6, 6.07) is 5.27. The van der Waals surface area contributed by atoms with Gasteiger partial charge in [-0.3, -0.25) is 0 Å². The van der Waals surface area contributed by atoms with Crippen LogP contribution in [0.4, 0.5) is 0 Å². The van der Waals surface area contributed by atoms with E-state index in [4.69, 9.17) is 5.73 Å². The molecular weight excluding hydrogens is 290 g/mol. The molecule has 0 aliphatic rings. The summed E-state index contributed by atoms with van der Waals surface area (Å²) >= 11 is 3.35. The third kappa shape index (κ3) is 3.88. The summed E-state index contributed by atoms with van der Waals surface area (Å²) in [5, 5.41) is 0. The Kier molecular flexibility index (Phi) is 4.95. The predicted molar refractivity (Wildman–Crippen MR) is 69.2 cm³/mol. The topological polar surface area (TPSA) is 60.2 Å². The lowest BCUT2D eigenvalue weighted by atomic mass is 10.1. The Morgan fingerprint density at radius 3 is 2.56 bits per heavy atom. The van der Waals surface area contributed by atoms with Crippen molar-refractivity contribution in [1.29, 1.82) is 0 Å². The molecule has 3 nitrogen and oxygen atoms in total. The molecule has 2 N–H and O–H groups in total. The lowest BCUT2D eigenvalue weighted by molar-refractivity contribution is 0.600. The molecular formula is C11H16BrNO2S. The molecule has 1 aromatic rings. The smallest absolute Gasteiger partial charge is 0.175 e. The molecule has 0 saturated heterocycles. The van der Waals surface area contributed by atoms with Gasteiger partial charge in [-0.05, 0) is 49.6 Å². The Hall–Kier alpha value is -0.390. The Morgan fingerprint density at radius 1 is 1.31 bits per heavy atom. The molecule has 0 aliphatic heterocycles. The van der Waals surface area contributed by atoms with Gasteiger partial charge >= 0.3 is 0 Å². The van der Waals surface area contributed by atoms with Crippen molar-refractivity contribution in [3.8, 4) is 0 Å². The minimum Gasteiger partial charge on any atom is -0.330 e. The van der Waals surface area contributed by atoms with Crippen molar-refractivity contribution in [3.05, 3.63) is 28.2 Å². The average Bonchev–Trinajstić information content (AvgIpc) is 2.16. The summed E-state index contributed by atoms with van der Waals surface area (Å²) in [4.78, 5) is 0.424. The number of rotatable bonds is 5. The minimum absolute atomic E-state index is 0.424. The Balaban J connectivity index is 3.00. The molecule has 0 saturated carbocycles. The molecule has 0 aromatic heterocycles. The average molecular weight is 306 g/mol. The Morgan fingerprint density at radius 2 is 2.00 bits per heavy atom. The van der Waals surface area contributed by atoms with Crippen molar-refractivity contribution in [2.24, 2.45) is 5.73 Å². The van der Waals surface area contributed by atoms with Crippen molar-refractivity contribution in [2.75, 3.05) is 12.8 Å². The Labute approximate surface area is 105 Å². The second kappa shape index (κ2) is 5.80. The van der Waals surface area contributed by atoms with Gasteiger partial charge in [0.2, 0.25) is 0 Å². The van der Waals surface area contributed by atoms with Crippen LogP contribution in [0, 0.1) is 0 Å². The van der Waals surface area contributed by atoms with Gasteiger partial charge in [0.25, 0.3) is 0 Å². The summed E-state index contributed by atoms with van der Waals surface area (Å²) < 4.78 is 24.0. The van der Waals surface area contributed by atoms with Crippen LogP contribution >= 0.6 is 15.9 Å². The molecule has 5 heteroatoms. The molecule has 0 amide bonds. The van der Waals surface area contributed by atoms with Crippen LogP contribution in [-0.2, 0) is 16.3 Å². The number of sulfone groups is 1. The van der Waals surface area contributed by atoms with Gasteiger partial charge < -0.3 is 5.73 Å². The first-order chi connectivity index (χ1) is 7.45. The molecule has 0 spiro atoms. The van der Waals surface area contributed by atoms with Crippen LogP contribution < -0.4 is 5.73 Å². The summed E-state index contributed by atoms with van der Waals surface area (Å²) in [6.07, 6.45) is 3.81. The van der Waals surface area contributed by atoms with Crippen LogP contribution in [0.25, 0.3) is 0 Å². The van der Waals surface area contributed by atoms with Crippen molar-refractivity contribution >= 4 is 25.8 Å².